The minimum absolute atomic E-state index is 0.139. The number of fused-ring (bicyclic) bond motifs is 3. The van der Waals surface area contributed by atoms with Crippen LogP contribution in [0.5, 0.6) is 5.75 Å². The van der Waals surface area contributed by atoms with Crippen LogP contribution in [-0.2, 0) is 26.1 Å². The molecule has 32 heavy (non-hydrogen) atoms. The van der Waals surface area contributed by atoms with E-state index < -0.39 is 16.0 Å². The van der Waals surface area contributed by atoms with E-state index in [1.54, 1.807) is 0 Å². The highest BCUT2D eigenvalue weighted by molar-refractivity contribution is 7.89. The van der Waals surface area contributed by atoms with Crippen LogP contribution >= 0.6 is 0 Å². The summed E-state index contributed by atoms with van der Waals surface area (Å²) in [5.74, 6) is -0.118. The normalized spacial score (nSPS) is 11.7. The number of benzene rings is 3. The lowest BCUT2D eigenvalue weighted by Crippen LogP contribution is -2.25. The third-order valence-electron chi connectivity index (χ3n) is 5.25. The van der Waals surface area contributed by atoms with Gasteiger partial charge >= 0.3 is 5.97 Å². The predicted octanol–water partition coefficient (Wildman–Crippen LogP) is 3.71. The van der Waals surface area contributed by atoms with Crippen molar-refractivity contribution in [2.45, 2.75) is 17.9 Å². The van der Waals surface area contributed by atoms with E-state index >= 15 is 0 Å². The summed E-state index contributed by atoms with van der Waals surface area (Å²) in [5.41, 5.74) is 2.28. The van der Waals surface area contributed by atoms with Crippen LogP contribution in [0.25, 0.3) is 21.8 Å². The molecule has 0 radical (unpaired) electrons. The number of para-hydroxylation sites is 2. The Hall–Kier alpha value is -3.36. The molecule has 0 atom stereocenters. The Bertz CT molecular complexity index is 1290. The van der Waals surface area contributed by atoms with Crippen molar-refractivity contribution < 1.29 is 22.7 Å². The highest BCUT2D eigenvalue weighted by Crippen LogP contribution is 2.28. The zero-order valence-corrected chi connectivity index (χ0v) is 18.5. The average Bonchev–Trinajstić information content (AvgIpc) is 3.14. The average molecular weight is 453 g/mol. The molecule has 0 aliphatic carbocycles. The molecule has 0 bridgehead atoms. The fourth-order valence-electron chi connectivity index (χ4n) is 3.69. The van der Waals surface area contributed by atoms with Crippen LogP contribution in [-0.4, -0.2) is 39.2 Å². The van der Waals surface area contributed by atoms with Crippen LogP contribution in [0.2, 0.25) is 0 Å². The first-order valence-electron chi connectivity index (χ1n) is 10.2. The van der Waals surface area contributed by atoms with Gasteiger partial charge in [-0.25, -0.2) is 17.9 Å². The van der Waals surface area contributed by atoms with Gasteiger partial charge in [-0.1, -0.05) is 36.4 Å². The van der Waals surface area contributed by atoms with Crippen LogP contribution in [0.1, 0.15) is 6.42 Å². The van der Waals surface area contributed by atoms with Gasteiger partial charge in [-0.2, -0.15) is 0 Å². The second-order valence-corrected chi connectivity index (χ2v) is 9.04. The molecule has 3 aromatic carbocycles. The van der Waals surface area contributed by atoms with E-state index in [0.29, 0.717) is 25.3 Å². The smallest absolute Gasteiger partial charge is 0.343 e. The van der Waals surface area contributed by atoms with Crippen molar-refractivity contribution in [3.63, 3.8) is 0 Å². The van der Waals surface area contributed by atoms with Crippen molar-refractivity contribution in [2.75, 3.05) is 20.3 Å². The summed E-state index contributed by atoms with van der Waals surface area (Å²) >= 11 is 0. The van der Waals surface area contributed by atoms with Gasteiger partial charge < -0.3 is 14.0 Å². The lowest BCUT2D eigenvalue weighted by molar-refractivity contribution is -0.142. The van der Waals surface area contributed by atoms with Gasteiger partial charge in [-0.05, 0) is 42.8 Å². The lowest BCUT2D eigenvalue weighted by atomic mass is 10.2. The van der Waals surface area contributed by atoms with Crippen LogP contribution < -0.4 is 9.46 Å². The van der Waals surface area contributed by atoms with Crippen molar-refractivity contribution in [1.29, 1.82) is 0 Å². The Balaban J connectivity index is 1.39. The minimum Gasteiger partial charge on any atom is -0.482 e. The molecule has 0 unspecified atom stereocenters. The second-order valence-electron chi connectivity index (χ2n) is 7.27. The van der Waals surface area contributed by atoms with Crippen LogP contribution in [0.3, 0.4) is 0 Å². The van der Waals surface area contributed by atoms with Crippen molar-refractivity contribution in [3.05, 3.63) is 72.8 Å². The maximum absolute atomic E-state index is 12.6. The highest BCUT2D eigenvalue weighted by Gasteiger charge is 2.14. The minimum atomic E-state index is -3.65. The largest absolute Gasteiger partial charge is 0.482 e. The monoisotopic (exact) mass is 452 g/mol. The number of sulfonamides is 1. The molecule has 4 aromatic rings. The van der Waals surface area contributed by atoms with Gasteiger partial charge in [0.05, 0.1) is 12.0 Å². The number of rotatable bonds is 9. The molecule has 0 spiro atoms. The zero-order chi connectivity index (χ0) is 22.6. The third-order valence-corrected chi connectivity index (χ3v) is 6.73. The second kappa shape index (κ2) is 9.42. The number of carbonyl (C=O) groups is 1. The first-order valence-corrected chi connectivity index (χ1v) is 11.7. The molecule has 0 aliphatic heterocycles. The van der Waals surface area contributed by atoms with Gasteiger partial charge in [0.1, 0.15) is 5.75 Å². The Kier molecular flexibility index (Phi) is 6.43. The molecule has 0 amide bonds. The van der Waals surface area contributed by atoms with E-state index in [0.717, 1.165) is 11.0 Å². The number of esters is 1. The number of hydrogen-bond acceptors (Lipinski definition) is 5. The quantitative estimate of drug-likeness (QED) is 0.309. The summed E-state index contributed by atoms with van der Waals surface area (Å²) in [4.78, 5) is 11.3. The van der Waals surface area contributed by atoms with Crippen LogP contribution in [0, 0.1) is 0 Å². The lowest BCUT2D eigenvalue weighted by Gasteiger charge is -2.10. The Morgan fingerprint density at radius 1 is 0.906 bits per heavy atom. The number of ether oxygens (including phenoxy) is 2. The molecule has 0 fully saturated rings. The number of hydrogen-bond donors (Lipinski definition) is 1. The highest BCUT2D eigenvalue weighted by atomic mass is 32.2. The maximum Gasteiger partial charge on any atom is 0.343 e. The van der Waals surface area contributed by atoms with Crippen LogP contribution in [0.15, 0.2) is 77.7 Å². The van der Waals surface area contributed by atoms with Gasteiger partial charge in [0, 0.05) is 34.9 Å². The molecule has 1 aromatic heterocycles. The number of methoxy groups -OCH3 is 1. The summed E-state index contributed by atoms with van der Waals surface area (Å²) in [6, 6.07) is 22.4. The Morgan fingerprint density at radius 3 is 2.09 bits per heavy atom. The number of carbonyl (C=O) groups excluding carboxylic acids is 1. The van der Waals surface area contributed by atoms with Gasteiger partial charge in [0.15, 0.2) is 6.61 Å². The Labute approximate surface area is 186 Å². The number of aryl methyl sites for hydroxylation is 1. The molecule has 0 saturated heterocycles. The molecule has 4 rings (SSSR count). The van der Waals surface area contributed by atoms with E-state index in [-0.39, 0.29) is 11.5 Å². The summed E-state index contributed by atoms with van der Waals surface area (Å²) in [6.45, 7) is 0.768. The van der Waals surface area contributed by atoms with E-state index in [1.807, 2.05) is 24.3 Å². The number of nitrogens with one attached hydrogen (secondary N) is 1. The van der Waals surface area contributed by atoms with Crippen molar-refractivity contribution >= 4 is 37.8 Å². The molecular weight excluding hydrogens is 428 g/mol. The molecule has 0 aliphatic rings. The third kappa shape index (κ3) is 4.61. The fraction of sp³-hybridized carbons (Fsp3) is 0.208. The summed E-state index contributed by atoms with van der Waals surface area (Å²) < 4.78 is 39.9. The topological polar surface area (TPSA) is 86.6 Å². The van der Waals surface area contributed by atoms with Crippen molar-refractivity contribution in [1.82, 2.24) is 9.29 Å². The summed E-state index contributed by atoms with van der Waals surface area (Å²) in [6.07, 6.45) is 0.641. The first-order chi connectivity index (χ1) is 15.5. The standard InChI is InChI=1S/C24H24N2O5S/c1-30-24(27)17-31-18-11-13-19(14-12-18)32(28,29)25-15-6-16-26-22-9-4-2-7-20(22)21-8-3-5-10-23(21)26/h2-5,7-14,25H,6,15-17H2,1H3. The molecule has 1 heterocycles. The molecule has 1 N–H and O–H groups in total. The first kappa shape index (κ1) is 21.9. The number of aromatic nitrogens is 1. The van der Waals surface area contributed by atoms with Gasteiger partial charge in [0.25, 0.3) is 0 Å². The van der Waals surface area contributed by atoms with Gasteiger partial charge in [0.2, 0.25) is 10.0 Å². The molecule has 0 saturated carbocycles. The summed E-state index contributed by atoms with van der Waals surface area (Å²) in [5, 5.41) is 2.39. The molecule has 166 valence electrons. The zero-order valence-electron chi connectivity index (χ0n) is 17.7. The van der Waals surface area contributed by atoms with Crippen molar-refractivity contribution in [2.24, 2.45) is 0 Å². The van der Waals surface area contributed by atoms with E-state index in [4.69, 9.17) is 4.74 Å². The Morgan fingerprint density at radius 2 is 1.50 bits per heavy atom. The molecule has 7 nitrogen and oxygen atoms in total. The molecular formula is C24H24N2O5S. The van der Waals surface area contributed by atoms with E-state index in [2.05, 4.69) is 38.3 Å². The number of nitrogens with zero attached hydrogens (tertiary/aromatic N) is 1. The predicted molar refractivity (Wildman–Crippen MR) is 123 cm³/mol. The summed E-state index contributed by atoms with van der Waals surface area (Å²) in [7, 11) is -2.37. The van der Waals surface area contributed by atoms with Crippen molar-refractivity contribution in [3.8, 4) is 5.75 Å². The van der Waals surface area contributed by atoms with Gasteiger partial charge in [-0.15, -0.1) is 0 Å². The SMILES string of the molecule is COC(=O)COc1ccc(S(=O)(=O)NCCCn2c3ccccc3c3ccccc32)cc1. The van der Waals surface area contributed by atoms with E-state index in [1.165, 1.54) is 42.1 Å². The van der Waals surface area contributed by atoms with E-state index in [9.17, 15) is 13.2 Å². The fourth-order valence-corrected chi connectivity index (χ4v) is 4.76. The van der Waals surface area contributed by atoms with Crippen LogP contribution in [0.4, 0.5) is 0 Å². The van der Waals surface area contributed by atoms with Gasteiger partial charge in [-0.3, -0.25) is 0 Å². The molecule has 8 heteroatoms. The maximum atomic E-state index is 12.6.